The van der Waals surface area contributed by atoms with E-state index in [1.807, 2.05) is 97.1 Å². The van der Waals surface area contributed by atoms with E-state index in [4.69, 9.17) is 23.7 Å². The number of hydrogen-bond donors (Lipinski definition) is 0. The standard InChI is InChI=1S/C35H40O6/c1-3-5-22-32(36)37-26-31-34(39-24-28-18-11-7-12-19-28)35(40-25-29-20-13-8-14-21-29)33(30(41-31)15-4-2)38-23-27-16-9-6-10-17-27/h3-4,6-14,16-21,30-31,33-35H,1-2,5,15,22-26H2/t30-,31-,33+,34+,35-/m1/s1. The first-order valence-corrected chi connectivity index (χ1v) is 14.2. The van der Waals surface area contributed by atoms with E-state index < -0.39 is 24.4 Å². The van der Waals surface area contributed by atoms with Gasteiger partial charge >= 0.3 is 5.97 Å². The summed E-state index contributed by atoms with van der Waals surface area (Å²) in [6, 6.07) is 30.0. The van der Waals surface area contributed by atoms with E-state index >= 15 is 0 Å². The first kappa shape index (κ1) is 30.4. The summed E-state index contributed by atoms with van der Waals surface area (Å²) in [6.45, 7) is 8.79. The summed E-state index contributed by atoms with van der Waals surface area (Å²) in [5.41, 5.74) is 3.10. The molecule has 0 aliphatic carbocycles. The van der Waals surface area contributed by atoms with Crippen molar-refractivity contribution in [2.75, 3.05) is 6.61 Å². The normalized spacial score (nSPS) is 22.1. The molecular formula is C35H40O6. The van der Waals surface area contributed by atoms with Crippen molar-refractivity contribution in [3.8, 4) is 0 Å². The fourth-order valence-electron chi connectivity index (χ4n) is 4.84. The monoisotopic (exact) mass is 556 g/mol. The molecule has 0 bridgehead atoms. The zero-order valence-corrected chi connectivity index (χ0v) is 23.5. The average Bonchev–Trinajstić information content (AvgIpc) is 3.02. The molecule has 0 saturated carbocycles. The van der Waals surface area contributed by atoms with E-state index in [9.17, 15) is 4.79 Å². The zero-order valence-electron chi connectivity index (χ0n) is 23.5. The Bertz CT molecular complexity index is 1180. The van der Waals surface area contributed by atoms with E-state index in [2.05, 4.69) is 13.2 Å². The highest BCUT2D eigenvalue weighted by Gasteiger charge is 2.48. The summed E-state index contributed by atoms with van der Waals surface area (Å²) in [6.07, 6.45) is 2.42. The summed E-state index contributed by atoms with van der Waals surface area (Å²) in [4.78, 5) is 12.4. The summed E-state index contributed by atoms with van der Waals surface area (Å²) in [5, 5.41) is 0. The van der Waals surface area contributed by atoms with Crippen LogP contribution in [0.1, 0.15) is 36.0 Å². The largest absolute Gasteiger partial charge is 0.463 e. The lowest BCUT2D eigenvalue weighted by Crippen LogP contribution is -2.61. The maximum Gasteiger partial charge on any atom is 0.306 e. The third-order valence-electron chi connectivity index (χ3n) is 6.95. The van der Waals surface area contributed by atoms with Crippen LogP contribution in [-0.4, -0.2) is 43.1 Å². The molecule has 1 fully saturated rings. The van der Waals surface area contributed by atoms with Crippen molar-refractivity contribution in [2.45, 2.75) is 69.6 Å². The van der Waals surface area contributed by atoms with Crippen molar-refractivity contribution in [2.24, 2.45) is 0 Å². The Morgan fingerprint density at radius 3 is 1.59 bits per heavy atom. The van der Waals surface area contributed by atoms with Crippen molar-refractivity contribution in [3.63, 3.8) is 0 Å². The van der Waals surface area contributed by atoms with Crippen LogP contribution >= 0.6 is 0 Å². The Hall–Kier alpha value is -3.55. The van der Waals surface area contributed by atoms with Crippen LogP contribution < -0.4 is 0 Å². The predicted octanol–water partition coefficient (Wildman–Crippen LogP) is 6.60. The van der Waals surface area contributed by atoms with Crippen LogP contribution in [0.2, 0.25) is 0 Å². The second kappa shape index (κ2) is 16.7. The lowest BCUT2D eigenvalue weighted by Gasteiger charge is -2.46. The number of esters is 1. The van der Waals surface area contributed by atoms with Crippen LogP contribution in [0.5, 0.6) is 0 Å². The summed E-state index contributed by atoms with van der Waals surface area (Å²) in [5.74, 6) is -0.306. The van der Waals surface area contributed by atoms with Gasteiger partial charge in [0.15, 0.2) is 0 Å². The van der Waals surface area contributed by atoms with Gasteiger partial charge in [0.25, 0.3) is 0 Å². The van der Waals surface area contributed by atoms with Crippen molar-refractivity contribution < 1.29 is 28.5 Å². The first-order valence-electron chi connectivity index (χ1n) is 14.2. The highest BCUT2D eigenvalue weighted by atomic mass is 16.6. The van der Waals surface area contributed by atoms with Gasteiger partial charge in [0.2, 0.25) is 0 Å². The second-order valence-corrected chi connectivity index (χ2v) is 10.0. The van der Waals surface area contributed by atoms with Gasteiger partial charge < -0.3 is 23.7 Å². The van der Waals surface area contributed by atoms with Gasteiger partial charge in [-0.15, -0.1) is 13.2 Å². The van der Waals surface area contributed by atoms with Crippen LogP contribution in [-0.2, 0) is 48.3 Å². The summed E-state index contributed by atoms with van der Waals surface area (Å²) >= 11 is 0. The lowest BCUT2D eigenvalue weighted by molar-refractivity contribution is -0.270. The third-order valence-corrected chi connectivity index (χ3v) is 6.95. The van der Waals surface area contributed by atoms with E-state index in [0.717, 1.165) is 16.7 Å². The molecule has 3 aromatic rings. The van der Waals surface area contributed by atoms with Crippen LogP contribution in [0.15, 0.2) is 116 Å². The van der Waals surface area contributed by atoms with Crippen LogP contribution in [0.25, 0.3) is 0 Å². The molecule has 0 aromatic heterocycles. The third kappa shape index (κ3) is 9.51. The molecule has 3 aromatic carbocycles. The van der Waals surface area contributed by atoms with E-state index in [1.165, 1.54) is 0 Å². The lowest BCUT2D eigenvalue weighted by atomic mass is 9.92. The minimum absolute atomic E-state index is 0.0413. The number of allylic oxidation sites excluding steroid dienone is 1. The molecule has 41 heavy (non-hydrogen) atoms. The zero-order chi connectivity index (χ0) is 28.7. The average molecular weight is 557 g/mol. The quantitative estimate of drug-likeness (QED) is 0.146. The fourth-order valence-corrected chi connectivity index (χ4v) is 4.84. The molecule has 1 aliphatic rings. The Balaban J connectivity index is 1.61. The van der Waals surface area contributed by atoms with Crippen molar-refractivity contribution in [1.82, 2.24) is 0 Å². The van der Waals surface area contributed by atoms with Crippen molar-refractivity contribution in [3.05, 3.63) is 133 Å². The van der Waals surface area contributed by atoms with Crippen LogP contribution in [0.3, 0.4) is 0 Å². The minimum Gasteiger partial charge on any atom is -0.463 e. The Kier molecular flexibility index (Phi) is 12.3. The molecule has 4 rings (SSSR count). The molecular weight excluding hydrogens is 516 g/mol. The topological polar surface area (TPSA) is 63.2 Å². The van der Waals surface area contributed by atoms with Gasteiger partial charge in [0.1, 0.15) is 31.0 Å². The summed E-state index contributed by atoms with van der Waals surface area (Å²) < 4.78 is 31.9. The van der Waals surface area contributed by atoms with Crippen molar-refractivity contribution in [1.29, 1.82) is 0 Å². The molecule has 1 heterocycles. The Morgan fingerprint density at radius 1 is 0.659 bits per heavy atom. The summed E-state index contributed by atoms with van der Waals surface area (Å²) in [7, 11) is 0. The van der Waals surface area contributed by atoms with Crippen molar-refractivity contribution >= 4 is 5.97 Å². The molecule has 5 atom stereocenters. The fraction of sp³-hybridized carbons (Fsp3) is 0.343. The van der Waals surface area contributed by atoms with Crippen LogP contribution in [0.4, 0.5) is 0 Å². The molecule has 6 heteroatoms. The Labute approximate surface area is 243 Å². The molecule has 6 nitrogen and oxygen atoms in total. The Morgan fingerprint density at radius 2 is 1.12 bits per heavy atom. The van der Waals surface area contributed by atoms with E-state index in [0.29, 0.717) is 32.7 Å². The van der Waals surface area contributed by atoms with E-state index in [1.54, 1.807) is 6.08 Å². The maximum absolute atomic E-state index is 12.4. The number of rotatable bonds is 16. The van der Waals surface area contributed by atoms with Gasteiger partial charge in [-0.2, -0.15) is 0 Å². The number of benzene rings is 3. The highest BCUT2D eigenvalue weighted by Crippen LogP contribution is 2.32. The van der Waals surface area contributed by atoms with Gasteiger partial charge in [0, 0.05) is 6.42 Å². The molecule has 1 saturated heterocycles. The van der Waals surface area contributed by atoms with Gasteiger partial charge in [-0.05, 0) is 29.5 Å². The molecule has 0 spiro atoms. The maximum atomic E-state index is 12.4. The number of hydrogen-bond acceptors (Lipinski definition) is 6. The molecule has 0 unspecified atom stereocenters. The molecule has 0 amide bonds. The molecule has 216 valence electrons. The van der Waals surface area contributed by atoms with Gasteiger partial charge in [0.05, 0.1) is 25.9 Å². The molecule has 1 aliphatic heterocycles. The van der Waals surface area contributed by atoms with Gasteiger partial charge in [-0.1, -0.05) is 103 Å². The smallest absolute Gasteiger partial charge is 0.306 e. The number of carbonyl (C=O) groups is 1. The predicted molar refractivity (Wildman–Crippen MR) is 159 cm³/mol. The first-order chi connectivity index (χ1) is 20.2. The van der Waals surface area contributed by atoms with Crippen LogP contribution in [0, 0.1) is 0 Å². The van der Waals surface area contributed by atoms with E-state index in [-0.39, 0.29) is 25.1 Å². The van der Waals surface area contributed by atoms with Gasteiger partial charge in [-0.25, -0.2) is 0 Å². The number of ether oxygens (including phenoxy) is 5. The highest BCUT2D eigenvalue weighted by molar-refractivity contribution is 5.69. The molecule has 0 N–H and O–H groups in total. The SMILES string of the molecule is C=CCCC(=O)OC[C@H]1O[C@H](CC=C)[C@H](OCc2ccccc2)[C@@H](OCc2ccccc2)[C@H]1OCc1ccccc1. The van der Waals surface area contributed by atoms with Gasteiger partial charge in [-0.3, -0.25) is 4.79 Å². The minimum atomic E-state index is -0.562. The second-order valence-electron chi connectivity index (χ2n) is 10.0. The number of carbonyl (C=O) groups excluding carboxylic acids is 1. The molecule has 0 radical (unpaired) electrons.